The number of pyridine rings is 2. The molecule has 3 aromatic heterocycles. The molecule has 4 heterocycles. The molecule has 0 bridgehead atoms. The van der Waals surface area contributed by atoms with Crippen LogP contribution in [0.2, 0.25) is 0 Å². The largest absolute Gasteiger partial charge is 0.374 e. The fourth-order valence-electron chi connectivity index (χ4n) is 4.45. The average Bonchev–Trinajstić information content (AvgIpc) is 3.38. The lowest BCUT2D eigenvalue weighted by Crippen LogP contribution is -2.46. The molecule has 0 aromatic carbocycles. The van der Waals surface area contributed by atoms with Crippen molar-refractivity contribution in [2.45, 2.75) is 38.1 Å². The number of aromatic amines is 1. The van der Waals surface area contributed by atoms with Crippen molar-refractivity contribution in [3.05, 3.63) is 43.0 Å². The van der Waals surface area contributed by atoms with Gasteiger partial charge in [-0.05, 0) is 50.2 Å². The maximum Gasteiger partial charge on any atom is 0.138 e. The molecule has 5 heteroatoms. The second-order valence-electron chi connectivity index (χ2n) is 8.16. The number of hydrogen-bond acceptors (Lipinski definition) is 4. The summed E-state index contributed by atoms with van der Waals surface area (Å²) in [5, 5.41) is 2.37. The Morgan fingerprint density at radius 1 is 1.30 bits per heavy atom. The van der Waals surface area contributed by atoms with Crippen LogP contribution in [0.3, 0.4) is 0 Å². The molecule has 27 heavy (non-hydrogen) atoms. The van der Waals surface area contributed by atoms with Crippen LogP contribution in [-0.4, -0.2) is 46.0 Å². The Kier molecular flexibility index (Phi) is 4.03. The zero-order chi connectivity index (χ0) is 18.4. The summed E-state index contributed by atoms with van der Waals surface area (Å²) in [5.74, 6) is 0.887. The third-order valence-corrected chi connectivity index (χ3v) is 6.27. The van der Waals surface area contributed by atoms with E-state index in [1.165, 1.54) is 48.9 Å². The number of anilines is 1. The summed E-state index contributed by atoms with van der Waals surface area (Å²) < 4.78 is 0. The first-order valence-electron chi connectivity index (χ1n) is 10.1. The van der Waals surface area contributed by atoms with E-state index in [9.17, 15) is 0 Å². The number of nitrogens with zero attached hydrogens (tertiary/aromatic N) is 4. The van der Waals surface area contributed by atoms with Crippen molar-refractivity contribution in [1.82, 2.24) is 19.9 Å². The van der Waals surface area contributed by atoms with E-state index >= 15 is 0 Å². The van der Waals surface area contributed by atoms with Crippen molar-refractivity contribution in [2.24, 2.45) is 5.92 Å². The number of likely N-dealkylation sites (N-methyl/N-ethyl adjacent to an activating group) is 1. The molecule has 1 unspecified atom stereocenters. The van der Waals surface area contributed by atoms with Gasteiger partial charge in [0.1, 0.15) is 5.65 Å². The molecule has 3 aromatic rings. The highest BCUT2D eigenvalue weighted by atomic mass is 15.2. The van der Waals surface area contributed by atoms with Gasteiger partial charge in [-0.15, -0.1) is 0 Å². The second kappa shape index (κ2) is 6.55. The van der Waals surface area contributed by atoms with Crippen LogP contribution in [0.1, 0.15) is 32.1 Å². The minimum atomic E-state index is 0.525. The van der Waals surface area contributed by atoms with Crippen LogP contribution < -0.4 is 4.90 Å². The third kappa shape index (κ3) is 3.05. The van der Waals surface area contributed by atoms with Gasteiger partial charge in [-0.2, -0.15) is 0 Å². The molecule has 1 saturated heterocycles. The Bertz CT molecular complexity index is 987. The predicted octanol–water partition coefficient (Wildman–Crippen LogP) is 4.33. The van der Waals surface area contributed by atoms with E-state index < -0.39 is 0 Å². The van der Waals surface area contributed by atoms with Gasteiger partial charge >= 0.3 is 0 Å². The highest BCUT2D eigenvalue weighted by Gasteiger charge is 2.28. The topological polar surface area (TPSA) is 48.1 Å². The fraction of sp³-hybridized carbons (Fsp3) is 0.455. The van der Waals surface area contributed by atoms with Crippen molar-refractivity contribution < 1.29 is 0 Å². The highest BCUT2D eigenvalue weighted by Crippen LogP contribution is 2.37. The third-order valence-electron chi connectivity index (χ3n) is 6.27. The Balaban J connectivity index is 1.45. The van der Waals surface area contributed by atoms with Crippen LogP contribution >= 0.6 is 0 Å². The standard InChI is InChI=1S/C22H27N5/c1-15(12-16-5-6-16)26(2)17-4-3-11-27(14-17)20-8-10-23-19-13-25-22-18(21(19)20)7-9-24-22/h7-10,13,16-17H,1,3-6,11-12,14H2,2H3,(H,24,25). The number of nitrogens with one attached hydrogen (secondary N) is 1. The van der Waals surface area contributed by atoms with Gasteiger partial charge in [-0.3, -0.25) is 4.98 Å². The molecular weight excluding hydrogens is 334 g/mol. The SMILES string of the molecule is C=C(CC1CC1)N(C)C1CCCN(c2ccnc3cnc4[nH]ccc4c23)C1. The number of fused-ring (bicyclic) bond motifs is 3. The lowest BCUT2D eigenvalue weighted by atomic mass is 10.0. The summed E-state index contributed by atoms with van der Waals surface area (Å²) in [6.07, 6.45) is 12.1. The Morgan fingerprint density at radius 3 is 3.04 bits per heavy atom. The molecule has 0 radical (unpaired) electrons. The molecule has 140 valence electrons. The number of hydrogen-bond donors (Lipinski definition) is 1. The number of allylic oxidation sites excluding steroid dienone is 1. The number of piperidine rings is 1. The number of rotatable bonds is 5. The van der Waals surface area contributed by atoms with Gasteiger partial charge in [0.15, 0.2) is 0 Å². The van der Waals surface area contributed by atoms with E-state index in [1.807, 2.05) is 18.6 Å². The Hall–Kier alpha value is -2.56. The van der Waals surface area contributed by atoms with Crippen LogP contribution in [0.4, 0.5) is 5.69 Å². The molecule has 1 aliphatic carbocycles. The first-order chi connectivity index (χ1) is 13.2. The molecule has 1 N–H and O–H groups in total. The molecule has 1 aliphatic heterocycles. The number of H-pyrrole nitrogens is 1. The zero-order valence-corrected chi connectivity index (χ0v) is 16.0. The molecule has 1 saturated carbocycles. The molecule has 0 spiro atoms. The van der Waals surface area contributed by atoms with Crippen molar-refractivity contribution >= 4 is 27.6 Å². The predicted molar refractivity (Wildman–Crippen MR) is 111 cm³/mol. The van der Waals surface area contributed by atoms with E-state index in [4.69, 9.17) is 0 Å². The first-order valence-corrected chi connectivity index (χ1v) is 10.1. The summed E-state index contributed by atoms with van der Waals surface area (Å²) in [5.41, 5.74) is 4.48. The monoisotopic (exact) mass is 361 g/mol. The maximum atomic E-state index is 4.56. The number of aromatic nitrogens is 3. The van der Waals surface area contributed by atoms with E-state index in [2.05, 4.69) is 50.5 Å². The lowest BCUT2D eigenvalue weighted by Gasteiger charge is -2.41. The van der Waals surface area contributed by atoms with Crippen molar-refractivity contribution in [2.75, 3.05) is 25.0 Å². The van der Waals surface area contributed by atoms with Crippen LogP contribution in [-0.2, 0) is 0 Å². The summed E-state index contributed by atoms with van der Waals surface area (Å²) in [7, 11) is 2.23. The smallest absolute Gasteiger partial charge is 0.138 e. The summed E-state index contributed by atoms with van der Waals surface area (Å²) >= 11 is 0. The second-order valence-corrected chi connectivity index (χ2v) is 8.16. The summed E-state index contributed by atoms with van der Waals surface area (Å²) in [6, 6.07) is 4.80. The zero-order valence-electron chi connectivity index (χ0n) is 16.0. The summed E-state index contributed by atoms with van der Waals surface area (Å²) in [4.78, 5) is 17.3. The van der Waals surface area contributed by atoms with Gasteiger partial charge in [0.05, 0.1) is 11.7 Å². The lowest BCUT2D eigenvalue weighted by molar-refractivity contribution is 0.257. The van der Waals surface area contributed by atoms with Crippen LogP contribution in [0.5, 0.6) is 0 Å². The van der Waals surface area contributed by atoms with Crippen LogP contribution in [0.15, 0.2) is 43.0 Å². The van der Waals surface area contributed by atoms with Gasteiger partial charge in [0.25, 0.3) is 0 Å². The average molecular weight is 361 g/mol. The molecule has 5 nitrogen and oxygen atoms in total. The van der Waals surface area contributed by atoms with E-state index in [-0.39, 0.29) is 0 Å². The molecule has 2 fully saturated rings. The minimum Gasteiger partial charge on any atom is -0.374 e. The first kappa shape index (κ1) is 16.6. The van der Waals surface area contributed by atoms with E-state index in [0.717, 1.165) is 35.6 Å². The van der Waals surface area contributed by atoms with Gasteiger partial charge in [0, 0.05) is 60.7 Å². The van der Waals surface area contributed by atoms with Gasteiger partial charge in [-0.25, -0.2) is 4.98 Å². The van der Waals surface area contributed by atoms with Crippen molar-refractivity contribution in [3.63, 3.8) is 0 Å². The van der Waals surface area contributed by atoms with Gasteiger partial charge in [-0.1, -0.05) is 6.58 Å². The maximum absolute atomic E-state index is 4.56. The molecule has 0 amide bonds. The quantitative estimate of drug-likeness (QED) is 0.735. The molecule has 1 atom stereocenters. The van der Waals surface area contributed by atoms with Gasteiger partial charge < -0.3 is 14.8 Å². The molecule has 5 rings (SSSR count). The molecular formula is C22H27N5. The van der Waals surface area contributed by atoms with Crippen LogP contribution in [0.25, 0.3) is 21.9 Å². The summed E-state index contributed by atoms with van der Waals surface area (Å²) in [6.45, 7) is 6.50. The van der Waals surface area contributed by atoms with Gasteiger partial charge in [0.2, 0.25) is 0 Å². The Labute approximate surface area is 160 Å². The van der Waals surface area contributed by atoms with Crippen LogP contribution in [0, 0.1) is 5.92 Å². The van der Waals surface area contributed by atoms with Crippen molar-refractivity contribution in [1.29, 1.82) is 0 Å². The van der Waals surface area contributed by atoms with Crippen molar-refractivity contribution in [3.8, 4) is 0 Å². The minimum absolute atomic E-state index is 0.525. The van der Waals surface area contributed by atoms with E-state index in [0.29, 0.717) is 6.04 Å². The Morgan fingerprint density at radius 2 is 2.19 bits per heavy atom. The fourth-order valence-corrected chi connectivity index (χ4v) is 4.45. The molecule has 2 aliphatic rings. The highest BCUT2D eigenvalue weighted by molar-refractivity contribution is 6.09. The normalized spacial score (nSPS) is 20.3. The van der Waals surface area contributed by atoms with E-state index in [1.54, 1.807) is 0 Å².